The lowest BCUT2D eigenvalue weighted by atomic mass is 10.1. The average molecular weight is 306 g/mol. The van der Waals surface area contributed by atoms with Crippen LogP contribution in [0.15, 0.2) is 21.1 Å². The molecule has 1 aliphatic rings. The largest absolute Gasteiger partial charge is 0.491 e. The molecule has 1 aromatic rings. The molecule has 2 rings (SSSR count). The third-order valence-corrected chi connectivity index (χ3v) is 3.91. The summed E-state index contributed by atoms with van der Waals surface area (Å²) in [5, 5.41) is 0. The Balaban J connectivity index is 2.63. The predicted molar refractivity (Wildman–Crippen MR) is 56.3 cm³/mol. The average Bonchev–Trinajstić information content (AvgIpc) is 2.12. The Hall–Kier alpha value is -0.350. The number of hydrogen-bond acceptors (Lipinski definition) is 2. The van der Waals surface area contributed by atoms with Crippen LogP contribution in [0, 0.1) is 0 Å². The first-order valence-electron chi connectivity index (χ1n) is 3.84. The normalized spacial score (nSPS) is 15.1. The SMILES string of the molecule is O=C1CCOc2c1ccc(Br)c2Br. The third-order valence-electron chi connectivity index (χ3n) is 1.93. The molecular formula is C9H6Br2O2. The molecule has 0 atom stereocenters. The van der Waals surface area contributed by atoms with Gasteiger partial charge in [-0.1, -0.05) is 0 Å². The maximum atomic E-state index is 11.4. The minimum atomic E-state index is 0.148. The lowest BCUT2D eigenvalue weighted by Gasteiger charge is -2.17. The summed E-state index contributed by atoms with van der Waals surface area (Å²) in [7, 11) is 0. The first-order valence-corrected chi connectivity index (χ1v) is 5.43. The van der Waals surface area contributed by atoms with E-state index in [0.717, 1.165) is 8.95 Å². The summed E-state index contributed by atoms with van der Waals surface area (Å²) in [6.45, 7) is 0.473. The zero-order valence-corrected chi connectivity index (χ0v) is 9.81. The van der Waals surface area contributed by atoms with Crippen molar-refractivity contribution in [2.24, 2.45) is 0 Å². The van der Waals surface area contributed by atoms with Crippen molar-refractivity contribution in [3.05, 3.63) is 26.6 Å². The number of Topliss-reactive ketones (excluding diaryl/α,β-unsaturated/α-hetero) is 1. The van der Waals surface area contributed by atoms with E-state index in [9.17, 15) is 4.79 Å². The molecule has 1 aliphatic heterocycles. The highest BCUT2D eigenvalue weighted by atomic mass is 79.9. The van der Waals surface area contributed by atoms with Gasteiger partial charge in [-0.2, -0.15) is 0 Å². The van der Waals surface area contributed by atoms with Gasteiger partial charge in [0.1, 0.15) is 5.75 Å². The van der Waals surface area contributed by atoms with Crippen LogP contribution in [0.25, 0.3) is 0 Å². The fraction of sp³-hybridized carbons (Fsp3) is 0.222. The number of carbonyl (C=O) groups excluding carboxylic acids is 1. The molecule has 0 saturated carbocycles. The van der Waals surface area contributed by atoms with Gasteiger partial charge in [0.2, 0.25) is 0 Å². The van der Waals surface area contributed by atoms with E-state index in [0.29, 0.717) is 24.3 Å². The molecule has 0 radical (unpaired) electrons. The Kier molecular flexibility index (Phi) is 2.43. The van der Waals surface area contributed by atoms with E-state index in [-0.39, 0.29) is 5.78 Å². The highest BCUT2D eigenvalue weighted by Crippen LogP contribution is 2.37. The molecule has 1 aromatic carbocycles. The molecular weight excluding hydrogens is 300 g/mol. The minimum absolute atomic E-state index is 0.148. The minimum Gasteiger partial charge on any atom is -0.491 e. The maximum Gasteiger partial charge on any atom is 0.170 e. The lowest BCUT2D eigenvalue weighted by molar-refractivity contribution is 0.0933. The molecule has 0 N–H and O–H groups in total. The number of ether oxygens (including phenoxy) is 1. The highest BCUT2D eigenvalue weighted by Gasteiger charge is 2.21. The summed E-state index contributed by atoms with van der Waals surface area (Å²) in [6, 6.07) is 3.63. The standard InChI is InChI=1S/C9H6Br2O2/c10-6-2-1-5-7(12)3-4-13-9(5)8(6)11/h1-2H,3-4H2. The fourth-order valence-electron chi connectivity index (χ4n) is 1.27. The third kappa shape index (κ3) is 1.53. The highest BCUT2D eigenvalue weighted by molar-refractivity contribution is 9.13. The van der Waals surface area contributed by atoms with Crippen LogP contribution >= 0.6 is 31.9 Å². The second-order valence-electron chi connectivity index (χ2n) is 2.76. The Labute approximate surface area is 92.5 Å². The van der Waals surface area contributed by atoms with Gasteiger partial charge in [-0.3, -0.25) is 4.79 Å². The van der Waals surface area contributed by atoms with Gasteiger partial charge in [-0.15, -0.1) is 0 Å². The number of halogens is 2. The summed E-state index contributed by atoms with van der Waals surface area (Å²) in [5.74, 6) is 0.806. The molecule has 4 heteroatoms. The molecule has 0 bridgehead atoms. The topological polar surface area (TPSA) is 26.3 Å². The van der Waals surface area contributed by atoms with Crippen LogP contribution in [0.5, 0.6) is 5.75 Å². The van der Waals surface area contributed by atoms with Gasteiger partial charge in [0.25, 0.3) is 0 Å². The molecule has 2 nitrogen and oxygen atoms in total. The van der Waals surface area contributed by atoms with Gasteiger partial charge in [0, 0.05) is 10.9 Å². The molecule has 68 valence electrons. The Morgan fingerprint density at radius 2 is 2.08 bits per heavy atom. The van der Waals surface area contributed by atoms with E-state index in [2.05, 4.69) is 31.9 Å². The van der Waals surface area contributed by atoms with Crippen molar-refractivity contribution in [3.8, 4) is 5.75 Å². The first kappa shape index (κ1) is 9.21. The number of hydrogen-bond donors (Lipinski definition) is 0. The summed E-state index contributed by atoms with van der Waals surface area (Å²) in [6.07, 6.45) is 0.473. The molecule has 0 fully saturated rings. The van der Waals surface area contributed by atoms with E-state index >= 15 is 0 Å². The van der Waals surface area contributed by atoms with Gasteiger partial charge < -0.3 is 4.74 Å². The Morgan fingerprint density at radius 3 is 2.85 bits per heavy atom. The van der Waals surface area contributed by atoms with Crippen LogP contribution in [0.3, 0.4) is 0 Å². The van der Waals surface area contributed by atoms with E-state index in [4.69, 9.17) is 4.74 Å². The number of fused-ring (bicyclic) bond motifs is 1. The van der Waals surface area contributed by atoms with Crippen molar-refractivity contribution >= 4 is 37.6 Å². The molecule has 0 amide bonds. The van der Waals surface area contributed by atoms with Gasteiger partial charge in [0.15, 0.2) is 5.78 Å². The Morgan fingerprint density at radius 1 is 1.31 bits per heavy atom. The summed E-state index contributed by atoms with van der Waals surface area (Å²) in [5.41, 5.74) is 0.668. The Bertz CT molecular complexity index is 374. The zero-order valence-electron chi connectivity index (χ0n) is 6.64. The van der Waals surface area contributed by atoms with Crippen LogP contribution < -0.4 is 4.74 Å². The van der Waals surface area contributed by atoms with Crippen molar-refractivity contribution in [2.75, 3.05) is 6.61 Å². The van der Waals surface area contributed by atoms with E-state index in [1.54, 1.807) is 6.07 Å². The van der Waals surface area contributed by atoms with E-state index in [1.165, 1.54) is 0 Å². The van der Waals surface area contributed by atoms with Crippen LogP contribution in [0.4, 0.5) is 0 Å². The molecule has 1 heterocycles. The number of benzene rings is 1. The maximum absolute atomic E-state index is 11.4. The van der Waals surface area contributed by atoms with Crippen LogP contribution in [0.2, 0.25) is 0 Å². The predicted octanol–water partition coefficient (Wildman–Crippen LogP) is 3.18. The molecule has 0 saturated heterocycles. The molecule has 0 aliphatic carbocycles. The van der Waals surface area contributed by atoms with Crippen molar-refractivity contribution in [3.63, 3.8) is 0 Å². The van der Waals surface area contributed by atoms with Gasteiger partial charge in [-0.05, 0) is 44.0 Å². The van der Waals surface area contributed by atoms with Crippen molar-refractivity contribution in [1.82, 2.24) is 0 Å². The van der Waals surface area contributed by atoms with Crippen molar-refractivity contribution in [2.45, 2.75) is 6.42 Å². The summed E-state index contributed by atoms with van der Waals surface area (Å²) >= 11 is 6.73. The van der Waals surface area contributed by atoms with Crippen molar-refractivity contribution in [1.29, 1.82) is 0 Å². The number of rotatable bonds is 0. The van der Waals surface area contributed by atoms with Crippen LogP contribution in [-0.2, 0) is 0 Å². The summed E-state index contributed by atoms with van der Waals surface area (Å²) < 4.78 is 7.13. The molecule has 13 heavy (non-hydrogen) atoms. The van der Waals surface area contributed by atoms with Gasteiger partial charge in [0.05, 0.1) is 16.6 Å². The van der Waals surface area contributed by atoms with Crippen LogP contribution in [-0.4, -0.2) is 12.4 Å². The quantitative estimate of drug-likeness (QED) is 0.736. The molecule has 0 spiro atoms. The lowest BCUT2D eigenvalue weighted by Crippen LogP contribution is -2.15. The number of carbonyl (C=O) groups is 1. The smallest absolute Gasteiger partial charge is 0.170 e. The van der Waals surface area contributed by atoms with Gasteiger partial charge >= 0.3 is 0 Å². The van der Waals surface area contributed by atoms with Gasteiger partial charge in [-0.25, -0.2) is 0 Å². The second kappa shape index (κ2) is 3.42. The molecule has 0 unspecified atom stereocenters. The van der Waals surface area contributed by atoms with E-state index < -0.39 is 0 Å². The first-order chi connectivity index (χ1) is 6.20. The monoisotopic (exact) mass is 304 g/mol. The molecule has 0 aromatic heterocycles. The second-order valence-corrected chi connectivity index (χ2v) is 4.41. The van der Waals surface area contributed by atoms with E-state index in [1.807, 2.05) is 6.07 Å². The fourth-order valence-corrected chi connectivity index (χ4v) is 2.05. The zero-order chi connectivity index (χ0) is 9.42. The van der Waals surface area contributed by atoms with Crippen molar-refractivity contribution < 1.29 is 9.53 Å². The van der Waals surface area contributed by atoms with Crippen LogP contribution in [0.1, 0.15) is 16.8 Å². The summed E-state index contributed by atoms with van der Waals surface area (Å²) in [4.78, 5) is 11.4. The number of ketones is 1.